The Morgan fingerprint density at radius 1 is 1.47 bits per heavy atom. The van der Waals surface area contributed by atoms with Crippen LogP contribution in [0.5, 0.6) is 0 Å². The maximum absolute atomic E-state index is 10.7. The van der Waals surface area contributed by atoms with Crippen molar-refractivity contribution in [1.82, 2.24) is 0 Å². The predicted octanol–water partition coefficient (Wildman–Crippen LogP) is 2.35. The molecule has 0 heterocycles. The van der Waals surface area contributed by atoms with Gasteiger partial charge in [-0.1, -0.05) is 23.2 Å². The number of carbonyl (C=O) groups is 1. The van der Waals surface area contributed by atoms with Crippen LogP contribution in [0.1, 0.15) is 10.4 Å². The second-order valence-electron chi connectivity index (χ2n) is 2.61. The van der Waals surface area contributed by atoms with Crippen LogP contribution in [0.2, 0.25) is 10.0 Å². The van der Waals surface area contributed by atoms with Crippen molar-refractivity contribution in [1.29, 1.82) is 0 Å². The average molecular weight is 265 g/mol. The van der Waals surface area contributed by atoms with E-state index in [9.17, 15) is 4.79 Å². The highest BCUT2D eigenvalue weighted by Crippen LogP contribution is 2.31. The van der Waals surface area contributed by atoms with Crippen molar-refractivity contribution >= 4 is 52.2 Å². The molecule has 0 aliphatic rings. The van der Waals surface area contributed by atoms with Crippen LogP contribution < -0.4 is 11.1 Å². The molecule has 0 fully saturated rings. The molecule has 0 radical (unpaired) electrons. The normalized spacial score (nSPS) is 9.73. The minimum absolute atomic E-state index is 0.00292. The van der Waals surface area contributed by atoms with Gasteiger partial charge in [0.15, 0.2) is 5.11 Å². The summed E-state index contributed by atoms with van der Waals surface area (Å²) >= 11 is 16.1. The highest BCUT2D eigenvalue weighted by atomic mass is 35.5. The molecule has 0 aliphatic carbocycles. The van der Waals surface area contributed by atoms with Crippen molar-refractivity contribution in [2.24, 2.45) is 5.73 Å². The number of benzene rings is 1. The van der Waals surface area contributed by atoms with Gasteiger partial charge in [-0.3, -0.25) is 0 Å². The van der Waals surface area contributed by atoms with E-state index in [0.717, 1.165) is 0 Å². The molecular formula is C8H6Cl2N2O2S. The lowest BCUT2D eigenvalue weighted by Gasteiger charge is -2.08. The molecule has 1 rings (SSSR count). The Hall–Kier alpha value is -1.04. The van der Waals surface area contributed by atoms with E-state index in [1.165, 1.54) is 12.1 Å². The third-order valence-electron chi connectivity index (χ3n) is 1.53. The van der Waals surface area contributed by atoms with Gasteiger partial charge in [0, 0.05) is 0 Å². The minimum Gasteiger partial charge on any atom is -0.478 e. The molecule has 0 atom stereocenters. The van der Waals surface area contributed by atoms with Crippen molar-refractivity contribution in [3.63, 3.8) is 0 Å². The lowest BCUT2D eigenvalue weighted by Crippen LogP contribution is -2.19. The van der Waals surface area contributed by atoms with Gasteiger partial charge in [-0.2, -0.15) is 0 Å². The summed E-state index contributed by atoms with van der Waals surface area (Å²) in [6.07, 6.45) is 0. The summed E-state index contributed by atoms with van der Waals surface area (Å²) in [6.45, 7) is 0. The van der Waals surface area contributed by atoms with Gasteiger partial charge >= 0.3 is 5.97 Å². The van der Waals surface area contributed by atoms with Gasteiger partial charge in [-0.05, 0) is 24.4 Å². The Morgan fingerprint density at radius 2 is 2.07 bits per heavy atom. The number of halogens is 2. The standard InChI is InChI=1S/C8H6Cl2N2O2S/c9-4-1-3(7(13)14)2-5(6(4)10)12-8(11)15/h1-2H,(H,13,14)(H3,11,12,15). The number of rotatable bonds is 2. The van der Waals surface area contributed by atoms with Crippen molar-refractivity contribution in [3.05, 3.63) is 27.7 Å². The molecule has 80 valence electrons. The van der Waals surface area contributed by atoms with E-state index in [2.05, 4.69) is 17.5 Å². The summed E-state index contributed by atoms with van der Waals surface area (Å²) in [5.41, 5.74) is 5.52. The fourth-order valence-electron chi connectivity index (χ4n) is 0.936. The summed E-state index contributed by atoms with van der Waals surface area (Å²) in [4.78, 5) is 10.7. The molecule has 0 spiro atoms. The molecule has 4 nitrogen and oxygen atoms in total. The third kappa shape index (κ3) is 2.95. The van der Waals surface area contributed by atoms with Gasteiger partial charge in [0.25, 0.3) is 0 Å². The van der Waals surface area contributed by atoms with E-state index < -0.39 is 5.97 Å². The zero-order valence-electron chi connectivity index (χ0n) is 7.25. The van der Waals surface area contributed by atoms with E-state index in [0.29, 0.717) is 0 Å². The van der Waals surface area contributed by atoms with Gasteiger partial charge in [0.05, 0.1) is 21.3 Å². The number of hydrogen-bond donors (Lipinski definition) is 3. The van der Waals surface area contributed by atoms with Crippen LogP contribution >= 0.6 is 35.4 Å². The number of aromatic carboxylic acids is 1. The maximum Gasteiger partial charge on any atom is 0.335 e. The van der Waals surface area contributed by atoms with Crippen LogP contribution in [0.25, 0.3) is 0 Å². The lowest BCUT2D eigenvalue weighted by molar-refractivity contribution is 0.0697. The van der Waals surface area contributed by atoms with E-state index in [1.807, 2.05) is 0 Å². The monoisotopic (exact) mass is 264 g/mol. The Balaban J connectivity index is 3.24. The number of thiocarbonyl (C=S) groups is 1. The first-order valence-electron chi connectivity index (χ1n) is 3.70. The molecule has 0 amide bonds. The number of nitrogens with one attached hydrogen (secondary N) is 1. The Labute approximate surface area is 101 Å². The van der Waals surface area contributed by atoms with Gasteiger partial charge in [-0.25, -0.2) is 4.79 Å². The number of carboxylic acids is 1. The zero-order valence-corrected chi connectivity index (χ0v) is 9.58. The van der Waals surface area contributed by atoms with Crippen LogP contribution in [0.4, 0.5) is 5.69 Å². The highest BCUT2D eigenvalue weighted by molar-refractivity contribution is 7.80. The Morgan fingerprint density at radius 3 is 2.53 bits per heavy atom. The molecule has 0 bridgehead atoms. The van der Waals surface area contributed by atoms with E-state index >= 15 is 0 Å². The lowest BCUT2D eigenvalue weighted by atomic mass is 10.2. The fourth-order valence-corrected chi connectivity index (χ4v) is 1.42. The first kappa shape index (κ1) is 12.0. The molecule has 1 aromatic carbocycles. The molecule has 0 aliphatic heterocycles. The van der Waals surface area contributed by atoms with Crippen LogP contribution in [-0.2, 0) is 0 Å². The van der Waals surface area contributed by atoms with Crippen LogP contribution in [0.15, 0.2) is 12.1 Å². The molecule has 15 heavy (non-hydrogen) atoms. The quantitative estimate of drug-likeness (QED) is 0.715. The summed E-state index contributed by atoms with van der Waals surface area (Å²) < 4.78 is 0. The molecular weight excluding hydrogens is 259 g/mol. The fraction of sp³-hybridized carbons (Fsp3) is 0. The zero-order chi connectivity index (χ0) is 11.6. The number of anilines is 1. The molecule has 0 saturated heterocycles. The summed E-state index contributed by atoms with van der Waals surface area (Å²) in [7, 11) is 0. The van der Waals surface area contributed by atoms with Crippen molar-refractivity contribution in [3.8, 4) is 0 Å². The number of carboxylic acid groups (broad SMARTS) is 1. The minimum atomic E-state index is -1.11. The van der Waals surface area contributed by atoms with E-state index in [1.54, 1.807) is 0 Å². The number of nitrogens with two attached hydrogens (primary N) is 1. The largest absolute Gasteiger partial charge is 0.478 e. The van der Waals surface area contributed by atoms with Crippen LogP contribution in [0.3, 0.4) is 0 Å². The van der Waals surface area contributed by atoms with E-state index in [4.69, 9.17) is 34.0 Å². The molecule has 1 aromatic rings. The topological polar surface area (TPSA) is 75.3 Å². The van der Waals surface area contributed by atoms with Gasteiger partial charge < -0.3 is 16.2 Å². The second kappa shape index (κ2) is 4.65. The first-order chi connectivity index (χ1) is 6.91. The van der Waals surface area contributed by atoms with E-state index in [-0.39, 0.29) is 26.4 Å². The summed E-state index contributed by atoms with van der Waals surface area (Å²) in [5.74, 6) is -1.11. The van der Waals surface area contributed by atoms with Gasteiger partial charge in [-0.15, -0.1) is 0 Å². The molecule has 0 aromatic heterocycles. The summed E-state index contributed by atoms with van der Waals surface area (Å²) in [6, 6.07) is 2.55. The van der Waals surface area contributed by atoms with Crippen molar-refractivity contribution < 1.29 is 9.90 Å². The molecule has 4 N–H and O–H groups in total. The smallest absolute Gasteiger partial charge is 0.335 e. The molecule has 7 heteroatoms. The first-order valence-corrected chi connectivity index (χ1v) is 4.87. The van der Waals surface area contributed by atoms with Crippen LogP contribution in [0, 0.1) is 0 Å². The van der Waals surface area contributed by atoms with Crippen molar-refractivity contribution in [2.75, 3.05) is 5.32 Å². The maximum atomic E-state index is 10.7. The summed E-state index contributed by atoms with van der Waals surface area (Å²) in [5, 5.41) is 11.6. The molecule has 0 unspecified atom stereocenters. The van der Waals surface area contributed by atoms with Gasteiger partial charge in [0.1, 0.15) is 0 Å². The Bertz CT molecular complexity index is 437. The second-order valence-corrected chi connectivity index (χ2v) is 3.84. The average Bonchev–Trinajstić information content (AvgIpc) is 2.11. The third-order valence-corrected chi connectivity index (χ3v) is 2.44. The highest BCUT2D eigenvalue weighted by Gasteiger charge is 2.11. The van der Waals surface area contributed by atoms with Crippen molar-refractivity contribution in [2.45, 2.75) is 0 Å². The molecule has 0 saturated carbocycles. The van der Waals surface area contributed by atoms with Gasteiger partial charge in [0.2, 0.25) is 0 Å². The predicted molar refractivity (Wildman–Crippen MR) is 63.8 cm³/mol. The number of hydrogen-bond acceptors (Lipinski definition) is 2. The van der Waals surface area contributed by atoms with Crippen LogP contribution in [-0.4, -0.2) is 16.2 Å². The Kier molecular flexibility index (Phi) is 3.73. The SMILES string of the molecule is NC(=S)Nc1cc(C(=O)O)cc(Cl)c1Cl.